The van der Waals surface area contributed by atoms with Crippen LogP contribution in [0.4, 0.5) is 5.69 Å². The van der Waals surface area contributed by atoms with Gasteiger partial charge in [0.15, 0.2) is 5.78 Å². The molecule has 0 aliphatic rings. The fourth-order valence-electron chi connectivity index (χ4n) is 4.51. The Kier molecular flexibility index (Phi) is 13.4. The zero-order valence-corrected chi connectivity index (χ0v) is 22.0. The summed E-state index contributed by atoms with van der Waals surface area (Å²) in [6, 6.07) is 13.0. The SMILES string of the molecule is CCCCCCCCCCCCCCCCc1ccc(O)c(C(=O)c2ccc(N(C)C)cc2)c1. The summed E-state index contributed by atoms with van der Waals surface area (Å²) in [5.41, 5.74) is 3.19. The van der Waals surface area contributed by atoms with Gasteiger partial charge in [-0.05, 0) is 54.8 Å². The zero-order chi connectivity index (χ0) is 24.6. The molecule has 0 radical (unpaired) electrons. The number of rotatable bonds is 18. The smallest absolute Gasteiger partial charge is 0.196 e. The summed E-state index contributed by atoms with van der Waals surface area (Å²) in [6.45, 7) is 2.28. The third kappa shape index (κ3) is 10.3. The average molecular weight is 466 g/mol. The number of aromatic hydroxyl groups is 1. The Labute approximate surface area is 208 Å². The first-order chi connectivity index (χ1) is 16.5. The van der Waals surface area contributed by atoms with Gasteiger partial charge in [0.25, 0.3) is 0 Å². The van der Waals surface area contributed by atoms with Crippen LogP contribution in [0.5, 0.6) is 5.75 Å². The second-order valence-electron chi connectivity index (χ2n) is 9.97. The van der Waals surface area contributed by atoms with Gasteiger partial charge in [0.2, 0.25) is 0 Å². The Morgan fingerprint density at radius 2 is 1.21 bits per heavy atom. The molecule has 0 saturated heterocycles. The molecule has 2 aromatic carbocycles. The third-order valence-electron chi connectivity index (χ3n) is 6.77. The molecule has 188 valence electrons. The van der Waals surface area contributed by atoms with E-state index in [1.54, 1.807) is 6.07 Å². The van der Waals surface area contributed by atoms with Crippen molar-refractivity contribution in [1.29, 1.82) is 0 Å². The van der Waals surface area contributed by atoms with Crippen LogP contribution in [0.3, 0.4) is 0 Å². The lowest BCUT2D eigenvalue weighted by molar-refractivity contribution is 0.103. The number of aryl methyl sites for hydroxylation is 1. The van der Waals surface area contributed by atoms with Crippen LogP contribution < -0.4 is 4.90 Å². The molecular weight excluding hydrogens is 418 g/mol. The van der Waals surface area contributed by atoms with E-state index >= 15 is 0 Å². The summed E-state index contributed by atoms with van der Waals surface area (Å²) in [5.74, 6) is -0.0583. The summed E-state index contributed by atoms with van der Waals surface area (Å²) in [7, 11) is 3.95. The number of phenols is 1. The fraction of sp³-hybridized carbons (Fsp3) is 0.581. The third-order valence-corrected chi connectivity index (χ3v) is 6.77. The molecule has 0 saturated carbocycles. The number of ketones is 1. The number of phenolic OH excluding ortho intramolecular Hbond substituents is 1. The monoisotopic (exact) mass is 465 g/mol. The molecule has 0 unspecified atom stereocenters. The van der Waals surface area contributed by atoms with Gasteiger partial charge in [0.05, 0.1) is 5.56 Å². The topological polar surface area (TPSA) is 40.5 Å². The highest BCUT2D eigenvalue weighted by atomic mass is 16.3. The van der Waals surface area contributed by atoms with Gasteiger partial charge in [-0.2, -0.15) is 0 Å². The van der Waals surface area contributed by atoms with Crippen molar-refractivity contribution in [3.63, 3.8) is 0 Å². The number of benzene rings is 2. The van der Waals surface area contributed by atoms with Crippen molar-refractivity contribution in [3.05, 3.63) is 59.2 Å². The van der Waals surface area contributed by atoms with E-state index in [0.717, 1.165) is 24.1 Å². The number of hydrogen-bond donors (Lipinski definition) is 1. The molecule has 1 N–H and O–H groups in total. The lowest BCUT2D eigenvalue weighted by Crippen LogP contribution is -2.09. The summed E-state index contributed by atoms with van der Waals surface area (Å²) in [6.07, 6.45) is 19.9. The molecule has 3 nitrogen and oxygen atoms in total. The van der Waals surface area contributed by atoms with Crippen molar-refractivity contribution in [3.8, 4) is 5.75 Å². The second kappa shape index (κ2) is 16.4. The highest BCUT2D eigenvalue weighted by Crippen LogP contribution is 2.24. The molecule has 0 bridgehead atoms. The molecular formula is C31H47NO2. The fourth-order valence-corrected chi connectivity index (χ4v) is 4.51. The quantitative estimate of drug-likeness (QED) is 0.177. The van der Waals surface area contributed by atoms with Gasteiger partial charge in [-0.1, -0.05) is 96.5 Å². The van der Waals surface area contributed by atoms with Gasteiger partial charge in [-0.3, -0.25) is 4.79 Å². The predicted molar refractivity (Wildman–Crippen MR) is 146 cm³/mol. The van der Waals surface area contributed by atoms with Crippen LogP contribution >= 0.6 is 0 Å². The summed E-state index contributed by atoms with van der Waals surface area (Å²) in [4.78, 5) is 14.9. The Morgan fingerprint density at radius 1 is 0.706 bits per heavy atom. The first-order valence-electron chi connectivity index (χ1n) is 13.7. The minimum atomic E-state index is -0.120. The zero-order valence-electron chi connectivity index (χ0n) is 22.0. The molecule has 0 aliphatic carbocycles. The first-order valence-corrected chi connectivity index (χ1v) is 13.7. The number of carbonyl (C=O) groups excluding carboxylic acids is 1. The highest BCUT2D eigenvalue weighted by Gasteiger charge is 2.14. The summed E-state index contributed by atoms with van der Waals surface area (Å²) < 4.78 is 0. The summed E-state index contributed by atoms with van der Waals surface area (Å²) >= 11 is 0. The molecule has 0 spiro atoms. The molecule has 0 atom stereocenters. The van der Waals surface area contributed by atoms with Gasteiger partial charge in [0.1, 0.15) is 5.75 Å². The van der Waals surface area contributed by atoms with Gasteiger partial charge in [-0.15, -0.1) is 0 Å². The number of anilines is 1. The standard InChI is InChI=1S/C31H47NO2/c1-4-5-6-7-8-9-10-11-12-13-14-15-16-17-18-26-19-24-30(33)29(25-26)31(34)27-20-22-28(23-21-27)32(2)3/h19-25,33H,4-18H2,1-3H3. The van der Waals surface area contributed by atoms with Crippen molar-refractivity contribution in [2.75, 3.05) is 19.0 Å². The van der Waals surface area contributed by atoms with Crippen LogP contribution in [0.2, 0.25) is 0 Å². The first kappa shape index (κ1) is 28.0. The van der Waals surface area contributed by atoms with Crippen LogP contribution in [0.15, 0.2) is 42.5 Å². The van der Waals surface area contributed by atoms with Gasteiger partial charge in [0, 0.05) is 25.3 Å². The molecule has 0 amide bonds. The Hall–Kier alpha value is -2.29. The number of hydrogen-bond acceptors (Lipinski definition) is 3. The lowest BCUT2D eigenvalue weighted by Gasteiger charge is -2.13. The Balaban J connectivity index is 1.63. The minimum absolute atomic E-state index is 0.0615. The van der Waals surface area contributed by atoms with Crippen LogP contribution in [-0.2, 0) is 6.42 Å². The Bertz CT molecular complexity index is 826. The molecule has 2 rings (SSSR count). The van der Waals surface area contributed by atoms with Crippen LogP contribution in [-0.4, -0.2) is 25.0 Å². The highest BCUT2D eigenvalue weighted by molar-refractivity contribution is 6.10. The molecule has 0 aromatic heterocycles. The molecule has 34 heavy (non-hydrogen) atoms. The van der Waals surface area contributed by atoms with E-state index in [0.29, 0.717) is 11.1 Å². The second-order valence-corrected chi connectivity index (χ2v) is 9.97. The summed E-state index contributed by atoms with van der Waals surface area (Å²) in [5, 5.41) is 10.3. The van der Waals surface area contributed by atoms with Crippen molar-refractivity contribution in [2.45, 2.75) is 103 Å². The molecule has 3 heteroatoms. The van der Waals surface area contributed by atoms with Crippen molar-refractivity contribution >= 4 is 11.5 Å². The molecule has 0 aliphatic heterocycles. The van der Waals surface area contributed by atoms with Crippen LogP contribution in [0.25, 0.3) is 0 Å². The van der Waals surface area contributed by atoms with Crippen molar-refractivity contribution in [2.24, 2.45) is 0 Å². The van der Waals surface area contributed by atoms with Gasteiger partial charge in [-0.25, -0.2) is 0 Å². The van der Waals surface area contributed by atoms with Crippen LogP contribution in [0.1, 0.15) is 118 Å². The Morgan fingerprint density at radius 3 is 1.71 bits per heavy atom. The predicted octanol–water partition coefficient (Wildman–Crippen LogP) is 8.71. The van der Waals surface area contributed by atoms with E-state index in [9.17, 15) is 9.90 Å². The van der Waals surface area contributed by atoms with Crippen LogP contribution in [0, 0.1) is 0 Å². The molecule has 2 aromatic rings. The van der Waals surface area contributed by atoms with E-state index in [1.165, 1.54) is 83.5 Å². The van der Waals surface area contributed by atoms with E-state index in [2.05, 4.69) is 6.92 Å². The largest absolute Gasteiger partial charge is 0.507 e. The van der Waals surface area contributed by atoms with Crippen molar-refractivity contribution in [1.82, 2.24) is 0 Å². The van der Waals surface area contributed by atoms with Crippen molar-refractivity contribution < 1.29 is 9.90 Å². The average Bonchev–Trinajstić information content (AvgIpc) is 2.84. The number of carbonyl (C=O) groups is 1. The maximum atomic E-state index is 12.9. The lowest BCUT2D eigenvalue weighted by atomic mass is 9.97. The number of unbranched alkanes of at least 4 members (excludes halogenated alkanes) is 13. The molecule has 0 fully saturated rings. The molecule has 0 heterocycles. The maximum absolute atomic E-state index is 12.9. The van der Waals surface area contributed by atoms with E-state index in [4.69, 9.17) is 0 Å². The van der Waals surface area contributed by atoms with E-state index in [-0.39, 0.29) is 11.5 Å². The number of nitrogens with zero attached hydrogens (tertiary/aromatic N) is 1. The van der Waals surface area contributed by atoms with Gasteiger partial charge >= 0.3 is 0 Å². The van der Waals surface area contributed by atoms with E-state index in [1.807, 2.05) is 55.4 Å². The minimum Gasteiger partial charge on any atom is -0.507 e. The normalized spacial score (nSPS) is 11.0. The maximum Gasteiger partial charge on any atom is 0.196 e. The van der Waals surface area contributed by atoms with Gasteiger partial charge < -0.3 is 10.0 Å². The van der Waals surface area contributed by atoms with E-state index < -0.39 is 0 Å².